The molecule has 31 nitrogen and oxygen atoms in total. The van der Waals surface area contributed by atoms with Gasteiger partial charge in [-0.05, 0) is 84.0 Å². The fourth-order valence-corrected chi connectivity index (χ4v) is 12.8. The molecule has 0 spiro atoms. The normalized spacial score (nSPS) is 14.5. The fraction of sp³-hybridized carbons (Fsp3) is 0.620. The summed E-state index contributed by atoms with van der Waals surface area (Å²) in [6.45, 7) is 15.6. The Morgan fingerprint density at radius 2 is 0.967 bits per heavy atom. The monoisotopic (exact) mass is 1460 g/mol. The highest BCUT2D eigenvalue weighted by molar-refractivity contribution is 7.92. The van der Waals surface area contributed by atoms with E-state index in [1.165, 1.54) is 53.9 Å². The summed E-state index contributed by atoms with van der Waals surface area (Å²) in [5.74, 6) is 0.494. The first-order valence-electron chi connectivity index (χ1n) is 27.1. The number of benzene rings is 2. The van der Waals surface area contributed by atoms with Gasteiger partial charge in [-0.25, -0.2) is 99.2 Å². The smallest absolute Gasteiger partial charge is 0.230 e. The lowest BCUT2D eigenvalue weighted by atomic mass is 10.3. The zero-order chi connectivity index (χ0) is 70.9. The molecule has 3 heterocycles. The fourth-order valence-electron chi connectivity index (χ4n) is 7.22. The quantitative estimate of drug-likeness (QED) is 0.0794. The summed E-state index contributed by atoms with van der Waals surface area (Å²) in [6, 6.07) is 21.7. The van der Waals surface area contributed by atoms with Gasteiger partial charge < -0.3 is 9.88 Å². The number of anilines is 3. The van der Waals surface area contributed by atoms with Gasteiger partial charge >= 0.3 is 0 Å². The van der Waals surface area contributed by atoms with Gasteiger partial charge in [-0.3, -0.25) is 19.2 Å². The average Bonchev–Trinajstić information content (AvgIpc) is 2.04. The largest absolute Gasteiger partial charge is 0.341 e. The molecule has 1 aliphatic carbocycles. The van der Waals surface area contributed by atoms with Crippen molar-refractivity contribution in [1.29, 1.82) is 0 Å². The second-order valence-electron chi connectivity index (χ2n) is 21.0. The van der Waals surface area contributed by atoms with Crippen LogP contribution in [-0.4, -0.2) is 243 Å². The van der Waals surface area contributed by atoms with Crippen LogP contribution in [-0.2, 0) is 90.2 Å². The van der Waals surface area contributed by atoms with E-state index in [-0.39, 0.29) is 18.1 Å². The highest BCUT2D eigenvalue weighted by Gasteiger charge is 2.23. The number of nitrogens with one attached hydrogen (secondary N) is 6. The summed E-state index contributed by atoms with van der Waals surface area (Å²) in [5, 5.41) is 7.04. The van der Waals surface area contributed by atoms with E-state index in [2.05, 4.69) is 43.7 Å². The van der Waals surface area contributed by atoms with Crippen molar-refractivity contribution in [1.82, 2.24) is 42.3 Å². The number of aromatic nitrogens is 2. The maximum Gasteiger partial charge on any atom is 0.230 e. The number of nitrogens with two attached hydrogens (primary N) is 1. The Morgan fingerprint density at radius 3 is 1.28 bits per heavy atom. The maximum absolute atomic E-state index is 11.1. The number of hydrogen-bond donors (Lipinski definition) is 7. The number of hydrogen-bond acceptors (Lipinski definition) is 21. The summed E-state index contributed by atoms with van der Waals surface area (Å²) >= 11 is 0. The molecule has 1 saturated heterocycles. The van der Waals surface area contributed by atoms with Gasteiger partial charge in [-0.2, -0.15) is 4.31 Å². The molecule has 1 saturated carbocycles. The van der Waals surface area contributed by atoms with Crippen LogP contribution in [0, 0.1) is 0 Å². The molecule has 1 aliphatic heterocycles. The number of likely N-dealkylation sites (N-methyl/N-ethyl adjacent to an activating group) is 1. The van der Waals surface area contributed by atoms with Gasteiger partial charge in [0, 0.05) is 94.3 Å². The third kappa shape index (κ3) is 54.3. The predicted molar refractivity (Wildman–Crippen MR) is 364 cm³/mol. The summed E-state index contributed by atoms with van der Waals surface area (Å²) < 4.78 is 204. The molecule has 2 aromatic carbocycles. The van der Waals surface area contributed by atoms with Crippen molar-refractivity contribution in [2.24, 2.45) is 5.14 Å². The third-order valence-corrected chi connectivity index (χ3v) is 18.2. The Balaban J connectivity index is -0.000000956. The first-order valence-corrected chi connectivity index (χ1v) is 44.1. The van der Waals surface area contributed by atoms with Crippen molar-refractivity contribution in [3.05, 3.63) is 85.2 Å². The molecule has 2 aliphatic rings. The van der Waals surface area contributed by atoms with Crippen LogP contribution < -0.4 is 28.9 Å². The molecule has 0 atom stereocenters. The molecule has 90 heavy (non-hydrogen) atoms. The van der Waals surface area contributed by atoms with Crippen LogP contribution in [0.1, 0.15) is 67.2 Å². The number of sulfonamides is 9. The first-order chi connectivity index (χ1) is 40.5. The van der Waals surface area contributed by atoms with Crippen molar-refractivity contribution in [2.45, 2.75) is 85.4 Å². The van der Waals surface area contributed by atoms with Crippen molar-refractivity contribution in [3.8, 4) is 0 Å². The lowest BCUT2D eigenvalue weighted by molar-refractivity contribution is 0.135. The molecule has 4 aromatic rings. The molecular weight excluding hydrogens is 1360 g/mol. The molecule has 0 amide bonds. The molecule has 6 rings (SSSR count). The number of H-pyrrole nitrogens is 1. The van der Waals surface area contributed by atoms with E-state index in [1.807, 2.05) is 78.9 Å². The number of nitrogens with zero attached hydrogens (tertiary/aromatic N) is 6. The molecule has 40 heteroatoms. The molecule has 0 radical (unpaired) electrons. The number of hydrazine groups is 1. The lowest BCUT2D eigenvalue weighted by Crippen LogP contribution is -2.52. The highest BCUT2D eigenvalue weighted by Crippen LogP contribution is 2.19. The molecular formula is C50H99N13O18S9. The zero-order valence-corrected chi connectivity index (χ0v) is 62.0. The number of para-hydroxylation sites is 2. The molecule has 2 fully saturated rings. The van der Waals surface area contributed by atoms with Crippen LogP contribution in [0.25, 0.3) is 10.9 Å². The van der Waals surface area contributed by atoms with Crippen LogP contribution in [0.2, 0.25) is 0 Å². The topological polar surface area (TPSA) is 438 Å². The Hall–Kier alpha value is -4.24. The number of primary sulfonamides is 1. The average molecular weight is 1460 g/mol. The van der Waals surface area contributed by atoms with Gasteiger partial charge in [0.15, 0.2) is 0 Å². The van der Waals surface area contributed by atoms with Crippen LogP contribution >= 0.6 is 0 Å². The molecule has 0 bridgehead atoms. The van der Waals surface area contributed by atoms with Crippen LogP contribution in [0.15, 0.2) is 85.2 Å². The molecule has 8 N–H and O–H groups in total. The Morgan fingerprint density at radius 1 is 0.556 bits per heavy atom. The van der Waals surface area contributed by atoms with E-state index < -0.39 is 90.2 Å². The minimum Gasteiger partial charge on any atom is -0.341 e. The minimum atomic E-state index is -3.21. The third-order valence-electron chi connectivity index (χ3n) is 10.6. The number of rotatable bonds is 17. The van der Waals surface area contributed by atoms with Crippen molar-refractivity contribution < 1.29 is 75.8 Å². The van der Waals surface area contributed by atoms with Gasteiger partial charge in [0.05, 0.1) is 68.2 Å². The predicted octanol–water partition coefficient (Wildman–Crippen LogP) is 1.99. The maximum atomic E-state index is 11.1. The summed E-state index contributed by atoms with van der Waals surface area (Å²) in [7, 11) is -22.6. The van der Waals surface area contributed by atoms with E-state index in [1.54, 1.807) is 53.7 Å². The van der Waals surface area contributed by atoms with E-state index >= 15 is 0 Å². The second kappa shape index (κ2) is 41.5. The van der Waals surface area contributed by atoms with Crippen molar-refractivity contribution >= 4 is 118 Å². The number of pyridine rings is 1. The minimum absolute atomic E-state index is 0.0463. The van der Waals surface area contributed by atoms with E-state index in [4.69, 9.17) is 0 Å². The van der Waals surface area contributed by atoms with E-state index in [9.17, 15) is 75.8 Å². The van der Waals surface area contributed by atoms with E-state index in [0.29, 0.717) is 30.3 Å². The van der Waals surface area contributed by atoms with Crippen molar-refractivity contribution in [2.75, 3.05) is 131 Å². The molecule has 0 unspecified atom stereocenters. The standard InChI is InChI=1S/C9H10N2O2S.C7H9NO2S.C7H17NO2S.C6H15N3O2S.C6H8N2O2S.C6H13NO2S.C5H13NO2S.C3H9NO2S.CH5NO2S/c1-14(12,13)11-9-6-7-4-2-3-5-8(7)10-9;1-11(9,10)8-7-5-3-2-4-6-7;1-6(2)8(7(3)4)11(5,9)10;1-8-3-5-9(6-4-8)7-12(2,10)11;1-11(9,10)8-6-3-2-4-7-5-6;1-10(8,9)7-6-4-2-3-5-6;1-4-6(5-2)9(3,7)8;1-4(2)7(3,5)6;1-5(2,3)4/h2-6,10-11H,1H3;2-6,8H,1H3;6-7H,1-5H3;7H,3-6H2,1-2H3;2-5,8H,1H3;6-7H,2-5H2,1H3;4-5H2,1-3H3;1-3H3;1H3,(H2,2,3,4). The van der Waals surface area contributed by atoms with Gasteiger partial charge in [-0.1, -0.05) is 63.1 Å². The number of fused-ring (bicyclic) bond motifs is 1. The Kier molecular flexibility index (Phi) is 41.4. The number of piperazine rings is 1. The summed E-state index contributed by atoms with van der Waals surface area (Å²) in [5.41, 5.74) is 1.99. The summed E-state index contributed by atoms with van der Waals surface area (Å²) in [4.78, 5) is 11.3. The summed E-state index contributed by atoms with van der Waals surface area (Å²) in [6.07, 6.45) is 17.6. The lowest BCUT2D eigenvalue weighted by Gasteiger charge is -2.31. The van der Waals surface area contributed by atoms with Gasteiger partial charge in [0.1, 0.15) is 5.82 Å². The van der Waals surface area contributed by atoms with Crippen LogP contribution in [0.3, 0.4) is 0 Å². The van der Waals surface area contributed by atoms with E-state index in [0.717, 1.165) is 98.3 Å². The Labute approximate surface area is 539 Å². The van der Waals surface area contributed by atoms with Crippen LogP contribution in [0.4, 0.5) is 17.2 Å². The van der Waals surface area contributed by atoms with Crippen molar-refractivity contribution in [3.63, 3.8) is 0 Å². The molecule has 526 valence electrons. The zero-order valence-electron chi connectivity index (χ0n) is 54.7. The molecule has 2 aromatic heterocycles. The van der Waals surface area contributed by atoms with Crippen LogP contribution in [0.5, 0.6) is 0 Å². The van der Waals surface area contributed by atoms with Gasteiger partial charge in [0.2, 0.25) is 90.2 Å². The Bertz CT molecular complexity index is 3620. The second-order valence-corrected chi connectivity index (χ2v) is 37.5. The first kappa shape index (κ1) is 90.0. The highest BCUT2D eigenvalue weighted by atomic mass is 32.2. The van der Waals surface area contributed by atoms with Gasteiger partial charge in [-0.15, -0.1) is 4.83 Å². The number of aromatic amines is 1. The van der Waals surface area contributed by atoms with Gasteiger partial charge in [0.25, 0.3) is 0 Å². The SMILES string of the molecule is CC(C)N(C(C)C)S(C)(=O)=O.CCN(CC)S(C)(=O)=O.CN(C)S(C)(=O)=O.CN1CCN(NS(C)(=O)=O)CC1.CS(=O)(=O)NC1CCCC1.CS(=O)(=O)Nc1cc2ccccc2[nH]1.CS(=O)(=O)Nc1ccccc1.CS(=O)(=O)Nc1cccnc1.CS(N)(=O)=O.